The predicted molar refractivity (Wildman–Crippen MR) is 57.6 cm³/mol. The topological polar surface area (TPSA) is 46.2 Å². The molecule has 0 bridgehead atoms. The molecule has 16 heavy (non-hydrogen) atoms. The Morgan fingerprint density at radius 2 is 1.81 bits per heavy atom. The van der Waals surface area contributed by atoms with Crippen molar-refractivity contribution in [1.29, 1.82) is 0 Å². The highest BCUT2D eigenvalue weighted by atomic mass is 79.9. The van der Waals surface area contributed by atoms with Crippen molar-refractivity contribution in [2.45, 2.75) is 6.18 Å². The Hall–Kier alpha value is -0.760. The fraction of sp³-hybridized carbons (Fsp3) is 0.250. The van der Waals surface area contributed by atoms with Gasteiger partial charge in [-0.2, -0.15) is 13.2 Å². The first-order valence-electron chi connectivity index (χ1n) is 4.01. The van der Waals surface area contributed by atoms with Crippen molar-refractivity contribution in [2.24, 2.45) is 0 Å². The molecule has 0 spiro atoms. The first-order chi connectivity index (χ1) is 7.20. The minimum absolute atomic E-state index is 0.0757. The van der Waals surface area contributed by atoms with Gasteiger partial charge in [0, 0.05) is 4.47 Å². The maximum absolute atomic E-state index is 11.9. The van der Waals surface area contributed by atoms with Gasteiger partial charge in [0.25, 0.3) is 0 Å². The molecule has 0 saturated carbocycles. The number of rotatable bonds is 3. The van der Waals surface area contributed by atoms with E-state index < -0.39 is 22.0 Å². The lowest BCUT2D eigenvalue weighted by molar-refractivity contribution is -0.106. The zero-order valence-corrected chi connectivity index (χ0v) is 10.2. The molecule has 0 aliphatic carbocycles. The first kappa shape index (κ1) is 13.3. The van der Waals surface area contributed by atoms with E-state index in [4.69, 9.17) is 0 Å². The van der Waals surface area contributed by atoms with E-state index in [1.807, 2.05) is 4.72 Å². The van der Waals surface area contributed by atoms with Gasteiger partial charge in [-0.3, -0.25) is 4.72 Å². The Kier molecular flexibility index (Phi) is 3.84. The Morgan fingerprint density at radius 3 is 2.31 bits per heavy atom. The molecule has 0 radical (unpaired) electrons. The summed E-state index contributed by atoms with van der Waals surface area (Å²) in [6.45, 7) is 0. The van der Waals surface area contributed by atoms with Gasteiger partial charge in [0.15, 0.2) is 5.75 Å². The summed E-state index contributed by atoms with van der Waals surface area (Å²) in [7, 11) is -4.42. The smallest absolute Gasteiger partial charge is 0.282 e. The number of hydrogen-bond acceptors (Lipinski definition) is 2. The van der Waals surface area contributed by atoms with E-state index in [9.17, 15) is 21.6 Å². The monoisotopic (exact) mass is 317 g/mol. The highest BCUT2D eigenvalue weighted by Crippen LogP contribution is 2.24. The SMILES string of the molecule is O=S(=O)(CC(F)(F)F)Nc1ccccc1Br. The van der Waals surface area contributed by atoms with Gasteiger partial charge in [0.1, 0.15) is 0 Å². The Labute approximate surface area is 98.8 Å². The van der Waals surface area contributed by atoms with Gasteiger partial charge in [0.05, 0.1) is 5.69 Å². The zero-order valence-electron chi connectivity index (χ0n) is 7.75. The summed E-state index contributed by atoms with van der Waals surface area (Å²) in [4.78, 5) is 0. The van der Waals surface area contributed by atoms with Crippen LogP contribution in [0, 0.1) is 0 Å². The van der Waals surface area contributed by atoms with E-state index in [0.717, 1.165) is 0 Å². The maximum atomic E-state index is 11.9. The third-order valence-corrected chi connectivity index (χ3v) is 3.42. The second kappa shape index (κ2) is 4.62. The minimum Gasteiger partial charge on any atom is -0.282 e. The van der Waals surface area contributed by atoms with Gasteiger partial charge >= 0.3 is 6.18 Å². The van der Waals surface area contributed by atoms with E-state index in [1.54, 1.807) is 6.07 Å². The van der Waals surface area contributed by atoms with Crippen molar-refractivity contribution >= 4 is 31.6 Å². The lowest BCUT2D eigenvalue weighted by Crippen LogP contribution is -2.27. The van der Waals surface area contributed by atoms with Gasteiger partial charge in [0.2, 0.25) is 10.0 Å². The van der Waals surface area contributed by atoms with Crippen LogP contribution in [0.5, 0.6) is 0 Å². The summed E-state index contributed by atoms with van der Waals surface area (Å²) in [5.41, 5.74) is 0.0757. The summed E-state index contributed by atoms with van der Waals surface area (Å²) in [5, 5.41) is 0. The van der Waals surface area contributed by atoms with Crippen molar-refractivity contribution in [3.63, 3.8) is 0 Å². The van der Waals surface area contributed by atoms with Crippen molar-refractivity contribution in [2.75, 3.05) is 10.5 Å². The average molecular weight is 318 g/mol. The Bertz CT molecular complexity index is 472. The van der Waals surface area contributed by atoms with E-state index in [1.165, 1.54) is 18.2 Å². The lowest BCUT2D eigenvalue weighted by atomic mass is 10.3. The summed E-state index contributed by atoms with van der Waals surface area (Å²) in [5.74, 6) is -1.90. The second-order valence-electron chi connectivity index (χ2n) is 2.96. The summed E-state index contributed by atoms with van der Waals surface area (Å²) in [6.07, 6.45) is -4.76. The highest BCUT2D eigenvalue weighted by molar-refractivity contribution is 9.10. The molecule has 8 heteroatoms. The Balaban J connectivity index is 2.86. The van der Waals surface area contributed by atoms with Crippen LogP contribution >= 0.6 is 15.9 Å². The number of para-hydroxylation sites is 1. The molecule has 0 atom stereocenters. The minimum atomic E-state index is -4.76. The molecular weight excluding hydrogens is 311 g/mol. The molecule has 1 rings (SSSR count). The maximum Gasteiger partial charge on any atom is 0.404 e. The van der Waals surface area contributed by atoms with E-state index in [-0.39, 0.29) is 5.69 Å². The fourth-order valence-corrected chi connectivity index (χ4v) is 2.49. The quantitative estimate of drug-likeness (QED) is 0.931. The molecular formula is C8H7BrF3NO2S. The highest BCUT2D eigenvalue weighted by Gasteiger charge is 2.35. The van der Waals surface area contributed by atoms with Crippen LogP contribution in [0.25, 0.3) is 0 Å². The molecule has 0 aliphatic rings. The number of anilines is 1. The molecule has 0 aromatic heterocycles. The van der Waals surface area contributed by atoms with Gasteiger partial charge in [-0.15, -0.1) is 0 Å². The number of halogens is 4. The second-order valence-corrected chi connectivity index (χ2v) is 5.53. The molecule has 90 valence electrons. The van der Waals surface area contributed by atoms with Gasteiger partial charge in [-0.25, -0.2) is 8.42 Å². The van der Waals surface area contributed by atoms with Crippen LogP contribution in [0.1, 0.15) is 0 Å². The Morgan fingerprint density at radius 1 is 1.25 bits per heavy atom. The largest absolute Gasteiger partial charge is 0.404 e. The van der Waals surface area contributed by atoms with Crippen molar-refractivity contribution < 1.29 is 21.6 Å². The number of benzene rings is 1. The van der Waals surface area contributed by atoms with Crippen LogP contribution in [0.4, 0.5) is 18.9 Å². The fourth-order valence-electron chi connectivity index (χ4n) is 0.963. The van der Waals surface area contributed by atoms with E-state index >= 15 is 0 Å². The average Bonchev–Trinajstić information content (AvgIpc) is 2.04. The number of sulfonamides is 1. The van der Waals surface area contributed by atoms with Crippen LogP contribution < -0.4 is 4.72 Å². The van der Waals surface area contributed by atoms with E-state index in [2.05, 4.69) is 15.9 Å². The summed E-state index contributed by atoms with van der Waals surface area (Å²) < 4.78 is 60.2. The summed E-state index contributed by atoms with van der Waals surface area (Å²) in [6, 6.07) is 6.01. The molecule has 1 aromatic rings. The lowest BCUT2D eigenvalue weighted by Gasteiger charge is -2.11. The normalized spacial score (nSPS) is 12.5. The van der Waals surface area contributed by atoms with Crippen LogP contribution in [0.15, 0.2) is 28.7 Å². The molecule has 1 aromatic carbocycles. The molecule has 0 heterocycles. The predicted octanol–water partition coefficient (Wildman–Crippen LogP) is 2.75. The van der Waals surface area contributed by atoms with E-state index in [0.29, 0.717) is 4.47 Å². The van der Waals surface area contributed by atoms with Crippen LogP contribution in [-0.4, -0.2) is 20.3 Å². The molecule has 0 saturated heterocycles. The van der Waals surface area contributed by atoms with Crippen molar-refractivity contribution in [1.82, 2.24) is 0 Å². The standard InChI is InChI=1S/C8H7BrF3NO2S/c9-6-3-1-2-4-7(6)13-16(14,15)5-8(10,11)12/h1-4,13H,5H2. The van der Waals surface area contributed by atoms with Gasteiger partial charge in [-0.1, -0.05) is 12.1 Å². The number of hydrogen-bond donors (Lipinski definition) is 1. The molecule has 0 amide bonds. The third-order valence-electron chi connectivity index (χ3n) is 1.49. The number of nitrogens with one attached hydrogen (secondary N) is 1. The molecule has 1 N–H and O–H groups in total. The van der Waals surface area contributed by atoms with Gasteiger partial charge in [-0.05, 0) is 28.1 Å². The molecule has 0 fully saturated rings. The van der Waals surface area contributed by atoms with Crippen LogP contribution in [0.3, 0.4) is 0 Å². The molecule has 3 nitrogen and oxygen atoms in total. The first-order valence-corrected chi connectivity index (χ1v) is 6.46. The van der Waals surface area contributed by atoms with Crippen LogP contribution in [-0.2, 0) is 10.0 Å². The van der Waals surface area contributed by atoms with Crippen LogP contribution in [0.2, 0.25) is 0 Å². The summed E-state index contributed by atoms with van der Waals surface area (Å²) >= 11 is 3.02. The van der Waals surface area contributed by atoms with Gasteiger partial charge < -0.3 is 0 Å². The molecule has 0 unspecified atom stereocenters. The van der Waals surface area contributed by atoms with Crippen molar-refractivity contribution in [3.05, 3.63) is 28.7 Å². The van der Waals surface area contributed by atoms with Crippen molar-refractivity contribution in [3.8, 4) is 0 Å². The molecule has 0 aliphatic heterocycles. The third kappa shape index (κ3) is 4.40. The zero-order chi connectivity index (χ0) is 12.4. The number of alkyl halides is 3.